The van der Waals surface area contributed by atoms with E-state index in [1.165, 1.54) is 0 Å². The van der Waals surface area contributed by atoms with Crippen LogP contribution in [0.15, 0.2) is 71.6 Å². The van der Waals surface area contributed by atoms with Gasteiger partial charge >= 0.3 is 6.09 Å². The van der Waals surface area contributed by atoms with Crippen LogP contribution in [-0.2, 0) is 33.4 Å². The first-order valence-corrected chi connectivity index (χ1v) is 16.1. The fraction of sp³-hybridized carbons (Fsp3) is 0.364. The molecule has 1 amide bonds. The average molecular weight is 618 g/mol. The Morgan fingerprint density at radius 3 is 2.57 bits per heavy atom. The van der Waals surface area contributed by atoms with Gasteiger partial charge in [-0.15, -0.1) is 0 Å². The summed E-state index contributed by atoms with van der Waals surface area (Å²) in [6, 6.07) is 21.3. The highest BCUT2D eigenvalue weighted by atomic mass is 32.2. The molecule has 2 N–H and O–H groups in total. The monoisotopic (exact) mass is 617 g/mol. The highest BCUT2D eigenvalue weighted by Gasteiger charge is 2.41. The lowest BCUT2D eigenvalue weighted by Gasteiger charge is -2.41. The van der Waals surface area contributed by atoms with E-state index in [1.54, 1.807) is 7.11 Å². The lowest BCUT2D eigenvalue weighted by molar-refractivity contribution is -0.0650. The summed E-state index contributed by atoms with van der Waals surface area (Å²) in [4.78, 5) is 25.5. The number of rotatable bonds is 8. The Hall–Kier alpha value is -4.22. The van der Waals surface area contributed by atoms with Crippen molar-refractivity contribution in [2.45, 2.75) is 44.4 Å². The summed E-state index contributed by atoms with van der Waals surface area (Å²) >= 11 is 0. The zero-order valence-electron chi connectivity index (χ0n) is 25.6. The number of carbonyl (C=O) groups is 1. The van der Waals surface area contributed by atoms with Crippen LogP contribution in [0.4, 0.5) is 16.6 Å². The molecule has 0 aliphatic carbocycles. The van der Waals surface area contributed by atoms with E-state index in [1.807, 2.05) is 81.4 Å². The molecule has 4 aromatic rings. The molecule has 0 bridgehead atoms. The minimum absolute atomic E-state index is 0.142. The third-order valence-electron chi connectivity index (χ3n) is 7.50. The van der Waals surface area contributed by atoms with Gasteiger partial charge in [-0.1, -0.05) is 55.8 Å². The normalized spacial score (nSPS) is 16.8. The van der Waals surface area contributed by atoms with Gasteiger partial charge in [0.1, 0.15) is 23.7 Å². The van der Waals surface area contributed by atoms with Crippen molar-refractivity contribution in [2.75, 3.05) is 49.4 Å². The maximum absolute atomic E-state index is 12.9. The molecule has 0 saturated carbocycles. The van der Waals surface area contributed by atoms with E-state index in [4.69, 9.17) is 24.2 Å². The lowest BCUT2D eigenvalue weighted by atomic mass is 9.97. The minimum atomic E-state index is -1.08. The molecule has 0 spiro atoms. The zero-order valence-corrected chi connectivity index (χ0v) is 26.4. The van der Waals surface area contributed by atoms with Crippen LogP contribution in [-0.4, -0.2) is 65.0 Å². The summed E-state index contributed by atoms with van der Waals surface area (Å²) in [5.41, 5.74) is 3.12. The minimum Gasteiger partial charge on any atom is -0.497 e. The van der Waals surface area contributed by atoms with E-state index in [9.17, 15) is 9.00 Å². The number of benzene rings is 3. The molecule has 1 aromatic heterocycles. The number of ether oxygens (including phenoxy) is 3. The fourth-order valence-corrected chi connectivity index (χ4v) is 6.33. The molecule has 3 aromatic carbocycles. The first-order valence-electron chi connectivity index (χ1n) is 14.8. The molecule has 1 saturated heterocycles. The third kappa shape index (κ3) is 7.11. The highest BCUT2D eigenvalue weighted by molar-refractivity contribution is 7.85. The molecule has 1 unspecified atom stereocenters. The van der Waals surface area contributed by atoms with Gasteiger partial charge < -0.3 is 29.7 Å². The van der Waals surface area contributed by atoms with Crippen molar-refractivity contribution < 1.29 is 23.2 Å². The van der Waals surface area contributed by atoms with Gasteiger partial charge in [-0.2, -0.15) is 4.98 Å². The molecule has 44 heavy (non-hydrogen) atoms. The summed E-state index contributed by atoms with van der Waals surface area (Å²) in [6.45, 7) is 8.39. The van der Waals surface area contributed by atoms with Crippen molar-refractivity contribution in [1.29, 1.82) is 0 Å². The number of aromatic nitrogens is 2. The number of amides is 1. The first kappa shape index (κ1) is 31.2. The van der Waals surface area contributed by atoms with E-state index in [2.05, 4.69) is 21.6 Å². The number of methoxy groups -OCH3 is 1. The Morgan fingerprint density at radius 1 is 1.07 bits per heavy atom. The fourth-order valence-electron chi connectivity index (χ4n) is 5.06. The van der Waals surface area contributed by atoms with Crippen molar-refractivity contribution in [3.63, 3.8) is 0 Å². The number of nitrogens with one attached hydrogen (secondary N) is 2. The van der Waals surface area contributed by atoms with Gasteiger partial charge in [0.15, 0.2) is 0 Å². The average Bonchev–Trinajstić information content (AvgIpc) is 3.21. The number of anilines is 2. The van der Waals surface area contributed by atoms with Gasteiger partial charge in [0, 0.05) is 35.7 Å². The Morgan fingerprint density at radius 2 is 1.84 bits per heavy atom. The second kappa shape index (κ2) is 14.0. The second-order valence-electron chi connectivity index (χ2n) is 10.6. The van der Waals surface area contributed by atoms with Crippen molar-refractivity contribution in [1.82, 2.24) is 15.3 Å². The largest absolute Gasteiger partial charge is 0.497 e. The molecule has 1 atom stereocenters. The Balaban J connectivity index is 0.00000188. The summed E-state index contributed by atoms with van der Waals surface area (Å²) in [7, 11) is 0.530. The molecule has 2 aliphatic heterocycles. The molecule has 11 heteroatoms. The predicted octanol–water partition coefficient (Wildman–Crippen LogP) is 5.21. The number of hydrogen-bond donors (Lipinski definition) is 2. The third-order valence-corrected chi connectivity index (χ3v) is 8.94. The maximum Gasteiger partial charge on any atom is 0.408 e. The molecule has 6 rings (SSSR count). The maximum atomic E-state index is 12.9. The standard InChI is InChI=1S/C31H33N5O5S.C2H6/c1-21-7-12-26-25(15-21)28(34-29(33-26)36-13-14-42(38)27-6-4-3-5-23(27)16-36)32-18-31(19-40-20-31)35-30(37)41-17-22-8-10-24(39-2)11-9-22;1-2/h3-12,15H,13-14,16-20H2,1-2H3,(H,35,37)(H,32,33,34);1-2H3. The number of hydrogen-bond acceptors (Lipinski definition) is 9. The number of carbonyl (C=O) groups excluding carboxylic acids is 1. The van der Waals surface area contributed by atoms with Crippen molar-refractivity contribution in [2.24, 2.45) is 0 Å². The predicted molar refractivity (Wildman–Crippen MR) is 173 cm³/mol. The van der Waals surface area contributed by atoms with Gasteiger partial charge in [-0.25, -0.2) is 9.78 Å². The van der Waals surface area contributed by atoms with Crippen LogP contribution in [0.5, 0.6) is 5.75 Å². The quantitative estimate of drug-likeness (QED) is 0.275. The van der Waals surface area contributed by atoms with E-state index in [-0.39, 0.29) is 6.61 Å². The number of nitrogens with zero attached hydrogens (tertiary/aromatic N) is 3. The molecular formula is C33H39N5O5S. The molecule has 232 valence electrons. The SMILES string of the molecule is CC.COc1ccc(COC(=O)NC2(CNc3nc(N4CCS(=O)c5ccccc5C4)nc4ccc(C)cc34)COC2)cc1. The summed E-state index contributed by atoms with van der Waals surface area (Å²) in [5, 5.41) is 7.35. The van der Waals surface area contributed by atoms with Gasteiger partial charge in [-0.3, -0.25) is 4.21 Å². The van der Waals surface area contributed by atoms with Crippen LogP contribution in [0.25, 0.3) is 10.9 Å². The van der Waals surface area contributed by atoms with Crippen molar-refractivity contribution >= 4 is 39.6 Å². The number of fused-ring (bicyclic) bond motifs is 2. The Kier molecular flexibility index (Phi) is 9.96. The summed E-state index contributed by atoms with van der Waals surface area (Å²) < 4.78 is 29.0. The van der Waals surface area contributed by atoms with Gasteiger partial charge in [0.25, 0.3) is 0 Å². The van der Waals surface area contributed by atoms with E-state index >= 15 is 0 Å². The van der Waals surface area contributed by atoms with Crippen molar-refractivity contribution in [3.8, 4) is 5.75 Å². The lowest BCUT2D eigenvalue weighted by Crippen LogP contribution is -2.65. The molecule has 3 heterocycles. The van der Waals surface area contributed by atoms with E-state index in [0.717, 1.165) is 38.2 Å². The van der Waals surface area contributed by atoms with E-state index < -0.39 is 22.4 Å². The van der Waals surface area contributed by atoms with Gasteiger partial charge in [0.2, 0.25) is 5.95 Å². The zero-order chi connectivity index (χ0) is 31.1. The topological polar surface area (TPSA) is 115 Å². The molecule has 1 fully saturated rings. The molecule has 0 radical (unpaired) electrons. The Bertz CT molecular complexity index is 1630. The first-order chi connectivity index (χ1) is 21.4. The van der Waals surface area contributed by atoms with Crippen LogP contribution in [0, 0.1) is 6.92 Å². The summed E-state index contributed by atoms with van der Waals surface area (Å²) in [6.07, 6.45) is -0.517. The Labute approximate surface area is 260 Å². The van der Waals surface area contributed by atoms with Gasteiger partial charge in [0.05, 0.1) is 36.6 Å². The second-order valence-corrected chi connectivity index (χ2v) is 12.2. The van der Waals surface area contributed by atoms with Crippen molar-refractivity contribution in [3.05, 3.63) is 83.4 Å². The molecule has 2 aliphatic rings. The molecular weight excluding hydrogens is 578 g/mol. The highest BCUT2D eigenvalue weighted by Crippen LogP contribution is 2.29. The summed E-state index contributed by atoms with van der Waals surface area (Å²) in [5.74, 6) is 2.47. The number of aryl methyl sites for hydroxylation is 1. The van der Waals surface area contributed by atoms with E-state index in [0.29, 0.717) is 50.4 Å². The van der Waals surface area contributed by atoms with Crippen LogP contribution in [0.1, 0.15) is 30.5 Å². The van der Waals surface area contributed by atoms with Crippen LogP contribution in [0.3, 0.4) is 0 Å². The van der Waals surface area contributed by atoms with Crippen LogP contribution >= 0.6 is 0 Å². The number of alkyl carbamates (subject to hydrolysis) is 1. The van der Waals surface area contributed by atoms with Crippen LogP contribution < -0.4 is 20.3 Å². The van der Waals surface area contributed by atoms with Crippen LogP contribution in [0.2, 0.25) is 0 Å². The molecule has 10 nitrogen and oxygen atoms in total. The smallest absolute Gasteiger partial charge is 0.408 e. The van der Waals surface area contributed by atoms with Gasteiger partial charge in [-0.05, 0) is 48.4 Å².